The largest absolute Gasteiger partial charge is 0.296 e. The van der Waals surface area contributed by atoms with E-state index < -0.39 is 0 Å². The summed E-state index contributed by atoms with van der Waals surface area (Å²) in [5.74, 6) is 11.9. The third kappa shape index (κ3) is 3.71. The Morgan fingerprint density at radius 3 is 2.50 bits per heavy atom. The summed E-state index contributed by atoms with van der Waals surface area (Å²) in [4.78, 5) is 2.63. The summed E-state index contributed by atoms with van der Waals surface area (Å²) in [5.41, 5.74) is 3.20. The van der Waals surface area contributed by atoms with Crippen molar-refractivity contribution in [2.45, 2.75) is 70.9 Å². The summed E-state index contributed by atoms with van der Waals surface area (Å²) in [5, 5.41) is 0. The van der Waals surface area contributed by atoms with Crippen molar-refractivity contribution in [3.63, 3.8) is 0 Å². The third-order valence-electron chi connectivity index (χ3n) is 4.48. The third-order valence-corrected chi connectivity index (χ3v) is 4.48. The number of hydrazine groups is 1. The van der Waals surface area contributed by atoms with Crippen molar-refractivity contribution in [2.24, 2.45) is 5.84 Å². The number of piperidine rings is 1. The van der Waals surface area contributed by atoms with Crippen molar-refractivity contribution in [3.8, 4) is 11.8 Å². The monoisotopic (exact) mass is 251 g/mol. The van der Waals surface area contributed by atoms with Gasteiger partial charge in [0, 0.05) is 18.0 Å². The number of hydrogen-bond acceptors (Lipinski definition) is 3. The summed E-state index contributed by atoms with van der Waals surface area (Å²) in [7, 11) is 0. The highest BCUT2D eigenvalue weighted by Crippen LogP contribution is 2.29. The van der Waals surface area contributed by atoms with E-state index >= 15 is 0 Å². The van der Waals surface area contributed by atoms with E-state index in [4.69, 9.17) is 5.84 Å². The summed E-state index contributed by atoms with van der Waals surface area (Å²) in [6.07, 6.45) is 7.09. The van der Waals surface area contributed by atoms with Gasteiger partial charge in [-0.2, -0.15) is 0 Å². The van der Waals surface area contributed by atoms with Crippen LogP contribution in [0.25, 0.3) is 0 Å². The molecule has 0 aliphatic carbocycles. The fourth-order valence-electron chi connectivity index (χ4n) is 3.01. The maximum absolute atomic E-state index is 5.80. The lowest BCUT2D eigenvalue weighted by molar-refractivity contribution is 0.0407. The number of likely N-dealkylation sites (tertiary alicyclic amines) is 1. The van der Waals surface area contributed by atoms with Gasteiger partial charge in [0.25, 0.3) is 0 Å². The lowest BCUT2D eigenvalue weighted by Gasteiger charge is -2.47. The van der Waals surface area contributed by atoms with E-state index in [2.05, 4.69) is 36.0 Å². The molecule has 0 aromatic rings. The van der Waals surface area contributed by atoms with Crippen LogP contribution in [0.3, 0.4) is 0 Å². The van der Waals surface area contributed by atoms with E-state index in [1.54, 1.807) is 0 Å². The van der Waals surface area contributed by atoms with E-state index in [0.29, 0.717) is 6.04 Å². The van der Waals surface area contributed by atoms with Crippen LogP contribution in [0.15, 0.2) is 0 Å². The molecule has 1 fully saturated rings. The average molecular weight is 251 g/mol. The van der Waals surface area contributed by atoms with Crippen LogP contribution >= 0.6 is 0 Å². The van der Waals surface area contributed by atoms with Crippen molar-refractivity contribution < 1.29 is 0 Å². The van der Waals surface area contributed by atoms with Crippen LogP contribution in [0.5, 0.6) is 0 Å². The van der Waals surface area contributed by atoms with Crippen LogP contribution in [0, 0.1) is 11.8 Å². The summed E-state index contributed by atoms with van der Waals surface area (Å²) in [6.45, 7) is 8.94. The van der Waals surface area contributed by atoms with E-state index in [1.165, 1.54) is 32.4 Å². The van der Waals surface area contributed by atoms with Gasteiger partial charge in [-0.15, -0.1) is 11.8 Å². The molecule has 0 bridgehead atoms. The van der Waals surface area contributed by atoms with Gasteiger partial charge in [0.2, 0.25) is 0 Å². The van der Waals surface area contributed by atoms with Gasteiger partial charge in [-0.25, -0.2) is 0 Å². The number of nitrogens with one attached hydrogen (secondary N) is 1. The highest BCUT2D eigenvalue weighted by molar-refractivity contribution is 5.01. The van der Waals surface area contributed by atoms with E-state index in [1.807, 2.05) is 6.92 Å². The maximum atomic E-state index is 5.80. The van der Waals surface area contributed by atoms with Crippen molar-refractivity contribution in [2.75, 3.05) is 13.1 Å². The van der Waals surface area contributed by atoms with Crippen LogP contribution in [-0.2, 0) is 0 Å². The fraction of sp³-hybridized carbons (Fsp3) is 0.867. The Morgan fingerprint density at radius 2 is 2.00 bits per heavy atom. The molecule has 0 spiro atoms. The molecular formula is C15H29N3. The molecule has 0 aromatic carbocycles. The van der Waals surface area contributed by atoms with Crippen LogP contribution in [0.2, 0.25) is 0 Å². The molecule has 0 aromatic heterocycles. The quantitative estimate of drug-likeness (QED) is 0.432. The average Bonchev–Trinajstić information content (AvgIpc) is 2.44. The molecule has 0 radical (unpaired) electrons. The second kappa shape index (κ2) is 7.78. The summed E-state index contributed by atoms with van der Waals surface area (Å²) < 4.78 is 0. The maximum Gasteiger partial charge on any atom is 0.0401 e. The van der Waals surface area contributed by atoms with Gasteiger partial charge in [0.05, 0.1) is 0 Å². The van der Waals surface area contributed by atoms with Crippen molar-refractivity contribution in [3.05, 3.63) is 0 Å². The first-order chi connectivity index (χ1) is 8.69. The Kier molecular flexibility index (Phi) is 6.70. The molecule has 1 heterocycles. The van der Waals surface area contributed by atoms with Crippen molar-refractivity contribution >= 4 is 0 Å². The normalized spacial score (nSPS) is 21.8. The topological polar surface area (TPSA) is 41.3 Å². The molecule has 2 atom stereocenters. The number of rotatable bonds is 6. The smallest absolute Gasteiger partial charge is 0.0401 e. The van der Waals surface area contributed by atoms with E-state index in [0.717, 1.165) is 19.3 Å². The summed E-state index contributed by atoms with van der Waals surface area (Å²) in [6, 6.07) is 0.321. The molecule has 18 heavy (non-hydrogen) atoms. The van der Waals surface area contributed by atoms with Crippen LogP contribution in [0.1, 0.15) is 59.3 Å². The molecule has 1 aliphatic rings. The Balaban J connectivity index is 2.70. The predicted molar refractivity (Wildman–Crippen MR) is 77.9 cm³/mol. The zero-order valence-electron chi connectivity index (χ0n) is 12.3. The van der Waals surface area contributed by atoms with Crippen molar-refractivity contribution in [1.29, 1.82) is 0 Å². The first kappa shape index (κ1) is 15.5. The molecule has 2 unspecified atom stereocenters. The Labute approximate surface area is 112 Å². The van der Waals surface area contributed by atoms with Gasteiger partial charge in [0.1, 0.15) is 0 Å². The molecular weight excluding hydrogens is 222 g/mol. The number of nitrogens with zero attached hydrogens (tertiary/aromatic N) is 1. The molecule has 104 valence electrons. The number of hydrogen-bond donors (Lipinski definition) is 2. The van der Waals surface area contributed by atoms with Gasteiger partial charge in [-0.05, 0) is 52.6 Å². The van der Waals surface area contributed by atoms with Gasteiger partial charge in [-0.1, -0.05) is 13.3 Å². The second-order valence-electron chi connectivity index (χ2n) is 5.44. The van der Waals surface area contributed by atoms with Crippen LogP contribution in [-0.4, -0.2) is 29.6 Å². The minimum absolute atomic E-state index is 0.157. The minimum atomic E-state index is 0.157. The van der Waals surface area contributed by atoms with Gasteiger partial charge >= 0.3 is 0 Å². The fourth-order valence-corrected chi connectivity index (χ4v) is 3.01. The van der Waals surface area contributed by atoms with Crippen molar-refractivity contribution in [1.82, 2.24) is 10.3 Å². The highest BCUT2D eigenvalue weighted by Gasteiger charge is 2.37. The van der Waals surface area contributed by atoms with Crippen LogP contribution in [0.4, 0.5) is 0 Å². The Morgan fingerprint density at radius 1 is 1.33 bits per heavy atom. The van der Waals surface area contributed by atoms with E-state index in [-0.39, 0.29) is 5.54 Å². The molecule has 1 saturated heterocycles. The first-order valence-electron chi connectivity index (χ1n) is 7.29. The second-order valence-corrected chi connectivity index (χ2v) is 5.44. The minimum Gasteiger partial charge on any atom is -0.296 e. The van der Waals surface area contributed by atoms with Gasteiger partial charge < -0.3 is 0 Å². The zero-order chi connectivity index (χ0) is 13.4. The lowest BCUT2D eigenvalue weighted by Crippen LogP contribution is -2.61. The molecule has 1 rings (SSSR count). The molecule has 3 heteroatoms. The lowest BCUT2D eigenvalue weighted by atomic mass is 9.83. The van der Waals surface area contributed by atoms with Gasteiger partial charge in [0.15, 0.2) is 0 Å². The predicted octanol–water partition coefficient (Wildman–Crippen LogP) is 2.28. The van der Waals surface area contributed by atoms with E-state index in [9.17, 15) is 0 Å². The first-order valence-corrected chi connectivity index (χ1v) is 7.29. The molecule has 0 amide bonds. The van der Waals surface area contributed by atoms with Gasteiger partial charge in [-0.3, -0.25) is 16.2 Å². The zero-order valence-corrected chi connectivity index (χ0v) is 12.3. The highest BCUT2D eigenvalue weighted by atomic mass is 15.3. The number of nitrogens with two attached hydrogens (primary N) is 1. The Bertz CT molecular complexity index is 286. The molecule has 3 N–H and O–H groups in total. The molecule has 1 aliphatic heterocycles. The standard InChI is InChI=1S/C15H29N3/c1-4-6-8-11-14(17-16)15(3,5-2)18-12-9-7-10-13-18/h14,17H,5,7-13,16H2,1-3H3. The Hall–Kier alpha value is -0.560. The summed E-state index contributed by atoms with van der Waals surface area (Å²) >= 11 is 0. The molecule has 0 saturated carbocycles. The van der Waals surface area contributed by atoms with Crippen LogP contribution < -0.4 is 11.3 Å². The molecule has 3 nitrogen and oxygen atoms in total. The SMILES string of the molecule is CC#CCCC(NN)C(C)(CC)N1CCCCC1.